The summed E-state index contributed by atoms with van der Waals surface area (Å²) in [6.07, 6.45) is 2.56. The lowest BCUT2D eigenvalue weighted by Crippen LogP contribution is -2.61. The molecule has 17 heavy (non-hydrogen) atoms. The van der Waals surface area contributed by atoms with Gasteiger partial charge in [-0.15, -0.1) is 0 Å². The van der Waals surface area contributed by atoms with Crippen molar-refractivity contribution >= 4 is 0 Å². The minimum absolute atomic E-state index is 0.669. The predicted octanol–water partition coefficient (Wildman–Crippen LogP) is 3.13. The molecule has 1 rings (SSSR count). The highest BCUT2D eigenvalue weighted by molar-refractivity contribution is 4.91. The van der Waals surface area contributed by atoms with Crippen molar-refractivity contribution in [2.45, 2.75) is 72.5 Å². The summed E-state index contributed by atoms with van der Waals surface area (Å²) in [6.45, 7) is 16.5. The van der Waals surface area contributed by atoms with Crippen LogP contribution < -0.4 is 5.32 Å². The molecule has 2 nitrogen and oxygen atoms in total. The number of rotatable bonds is 5. The van der Waals surface area contributed by atoms with Gasteiger partial charge in [-0.1, -0.05) is 40.5 Å². The number of hydrogen-bond acceptors (Lipinski definition) is 2. The van der Waals surface area contributed by atoms with Gasteiger partial charge in [0, 0.05) is 31.2 Å². The minimum Gasteiger partial charge on any atom is -0.311 e. The van der Waals surface area contributed by atoms with Gasteiger partial charge in [0.05, 0.1) is 0 Å². The molecule has 0 radical (unpaired) electrons. The number of hydrogen-bond donors (Lipinski definition) is 1. The molecule has 1 fully saturated rings. The van der Waals surface area contributed by atoms with Gasteiger partial charge in [0.1, 0.15) is 0 Å². The molecule has 1 N–H and O–H groups in total. The van der Waals surface area contributed by atoms with E-state index in [4.69, 9.17) is 0 Å². The minimum atomic E-state index is 0.669. The van der Waals surface area contributed by atoms with Gasteiger partial charge >= 0.3 is 0 Å². The fourth-order valence-electron chi connectivity index (χ4n) is 2.88. The summed E-state index contributed by atoms with van der Waals surface area (Å²) in [5, 5.41) is 3.78. The first kappa shape index (κ1) is 15.0. The van der Waals surface area contributed by atoms with Crippen molar-refractivity contribution < 1.29 is 0 Å². The Labute approximate surface area is 108 Å². The van der Waals surface area contributed by atoms with Gasteiger partial charge in [-0.3, -0.25) is 4.90 Å². The SMILES string of the molecule is CCC(C)C1CN(C(C)C)C(C(C)CC)CN1. The van der Waals surface area contributed by atoms with Crippen molar-refractivity contribution in [3.8, 4) is 0 Å². The molecular weight excluding hydrogens is 208 g/mol. The van der Waals surface area contributed by atoms with E-state index in [0.29, 0.717) is 12.1 Å². The van der Waals surface area contributed by atoms with Crippen molar-refractivity contribution in [1.29, 1.82) is 0 Å². The van der Waals surface area contributed by atoms with Crippen LogP contribution in [0.5, 0.6) is 0 Å². The van der Waals surface area contributed by atoms with E-state index in [-0.39, 0.29) is 0 Å². The van der Waals surface area contributed by atoms with Gasteiger partial charge in [-0.2, -0.15) is 0 Å². The average Bonchev–Trinajstić information content (AvgIpc) is 2.35. The van der Waals surface area contributed by atoms with E-state index in [0.717, 1.165) is 17.9 Å². The molecule has 1 aliphatic heterocycles. The lowest BCUT2D eigenvalue weighted by atomic mass is 9.89. The maximum absolute atomic E-state index is 3.78. The maximum atomic E-state index is 3.78. The van der Waals surface area contributed by atoms with Crippen LogP contribution in [0, 0.1) is 11.8 Å². The molecule has 0 bridgehead atoms. The smallest absolute Gasteiger partial charge is 0.0249 e. The first-order valence-corrected chi connectivity index (χ1v) is 7.50. The van der Waals surface area contributed by atoms with Crippen molar-refractivity contribution in [3.05, 3.63) is 0 Å². The molecule has 0 amide bonds. The third kappa shape index (κ3) is 3.69. The van der Waals surface area contributed by atoms with E-state index in [2.05, 4.69) is 51.8 Å². The molecule has 4 unspecified atom stereocenters. The Hall–Kier alpha value is -0.0800. The molecule has 102 valence electrons. The maximum Gasteiger partial charge on any atom is 0.0249 e. The van der Waals surface area contributed by atoms with Crippen LogP contribution in [0.1, 0.15) is 54.4 Å². The Morgan fingerprint density at radius 1 is 1.06 bits per heavy atom. The highest BCUT2D eigenvalue weighted by Crippen LogP contribution is 2.23. The molecule has 0 aromatic carbocycles. The average molecular weight is 240 g/mol. The second-order valence-electron chi connectivity index (χ2n) is 6.14. The molecule has 0 aliphatic carbocycles. The summed E-state index contributed by atoms with van der Waals surface area (Å²) in [5.74, 6) is 1.58. The zero-order chi connectivity index (χ0) is 13.0. The second kappa shape index (κ2) is 6.75. The summed E-state index contributed by atoms with van der Waals surface area (Å²) >= 11 is 0. The Morgan fingerprint density at radius 2 is 1.65 bits per heavy atom. The van der Waals surface area contributed by atoms with E-state index in [1.165, 1.54) is 25.9 Å². The summed E-state index contributed by atoms with van der Waals surface area (Å²) < 4.78 is 0. The number of nitrogens with zero attached hydrogens (tertiary/aromatic N) is 1. The molecule has 4 atom stereocenters. The topological polar surface area (TPSA) is 15.3 Å². The van der Waals surface area contributed by atoms with Crippen LogP contribution in [0.2, 0.25) is 0 Å². The fraction of sp³-hybridized carbons (Fsp3) is 1.00. The molecule has 0 aromatic heterocycles. The largest absolute Gasteiger partial charge is 0.311 e. The van der Waals surface area contributed by atoms with Gasteiger partial charge in [-0.25, -0.2) is 0 Å². The lowest BCUT2D eigenvalue weighted by Gasteiger charge is -2.46. The summed E-state index contributed by atoms with van der Waals surface area (Å²) in [5.41, 5.74) is 0. The molecular formula is C15H32N2. The Morgan fingerprint density at radius 3 is 2.12 bits per heavy atom. The molecule has 2 heteroatoms. The highest BCUT2D eigenvalue weighted by atomic mass is 15.3. The first-order chi connectivity index (χ1) is 8.01. The van der Waals surface area contributed by atoms with Gasteiger partial charge in [0.2, 0.25) is 0 Å². The molecule has 0 saturated carbocycles. The van der Waals surface area contributed by atoms with Crippen LogP contribution in [0.25, 0.3) is 0 Å². The quantitative estimate of drug-likeness (QED) is 0.794. The zero-order valence-electron chi connectivity index (χ0n) is 12.7. The fourth-order valence-corrected chi connectivity index (χ4v) is 2.88. The van der Waals surface area contributed by atoms with Crippen LogP contribution >= 0.6 is 0 Å². The summed E-state index contributed by atoms with van der Waals surface area (Å²) in [6, 6.07) is 2.07. The highest BCUT2D eigenvalue weighted by Gasteiger charge is 2.33. The third-order valence-corrected chi connectivity index (χ3v) is 4.72. The Kier molecular flexibility index (Phi) is 5.94. The molecule has 1 heterocycles. The van der Waals surface area contributed by atoms with E-state index in [1.54, 1.807) is 0 Å². The summed E-state index contributed by atoms with van der Waals surface area (Å²) in [7, 11) is 0. The van der Waals surface area contributed by atoms with E-state index in [1.807, 2.05) is 0 Å². The van der Waals surface area contributed by atoms with Crippen LogP contribution in [0.3, 0.4) is 0 Å². The second-order valence-corrected chi connectivity index (χ2v) is 6.14. The standard InChI is InChI=1S/C15H32N2/c1-7-12(5)14-10-17(11(3)4)15(9-16-14)13(6)8-2/h11-16H,7-10H2,1-6H3. The Bertz CT molecular complexity index is 215. The van der Waals surface area contributed by atoms with Crippen molar-refractivity contribution in [3.63, 3.8) is 0 Å². The molecule has 1 aliphatic rings. The molecule has 1 saturated heterocycles. The van der Waals surface area contributed by atoms with Gasteiger partial charge in [0.25, 0.3) is 0 Å². The van der Waals surface area contributed by atoms with Gasteiger partial charge in [-0.05, 0) is 25.7 Å². The van der Waals surface area contributed by atoms with Crippen LogP contribution in [-0.2, 0) is 0 Å². The van der Waals surface area contributed by atoms with E-state index in [9.17, 15) is 0 Å². The van der Waals surface area contributed by atoms with Crippen molar-refractivity contribution in [2.24, 2.45) is 11.8 Å². The van der Waals surface area contributed by atoms with E-state index < -0.39 is 0 Å². The molecule has 0 aromatic rings. The van der Waals surface area contributed by atoms with Gasteiger partial charge < -0.3 is 5.32 Å². The van der Waals surface area contributed by atoms with E-state index >= 15 is 0 Å². The molecule has 0 spiro atoms. The first-order valence-electron chi connectivity index (χ1n) is 7.50. The monoisotopic (exact) mass is 240 g/mol. The number of nitrogens with one attached hydrogen (secondary N) is 1. The third-order valence-electron chi connectivity index (χ3n) is 4.72. The van der Waals surface area contributed by atoms with Crippen molar-refractivity contribution in [1.82, 2.24) is 10.2 Å². The predicted molar refractivity (Wildman–Crippen MR) is 76.3 cm³/mol. The zero-order valence-corrected chi connectivity index (χ0v) is 12.7. The van der Waals surface area contributed by atoms with Gasteiger partial charge in [0.15, 0.2) is 0 Å². The van der Waals surface area contributed by atoms with Crippen LogP contribution in [0.4, 0.5) is 0 Å². The Balaban J connectivity index is 2.67. The lowest BCUT2D eigenvalue weighted by molar-refractivity contribution is 0.0503. The summed E-state index contributed by atoms with van der Waals surface area (Å²) in [4.78, 5) is 2.72. The normalized spacial score (nSPS) is 30.5. The van der Waals surface area contributed by atoms with Crippen molar-refractivity contribution in [2.75, 3.05) is 13.1 Å². The van der Waals surface area contributed by atoms with Crippen LogP contribution in [-0.4, -0.2) is 36.1 Å². The van der Waals surface area contributed by atoms with Crippen LogP contribution in [0.15, 0.2) is 0 Å². The number of piperazine rings is 1.